The monoisotopic (exact) mass is 430 g/mol. The van der Waals surface area contributed by atoms with Gasteiger partial charge in [0.2, 0.25) is 0 Å². The average molecular weight is 433 g/mol. The Hall–Kier alpha value is -0.830. The van der Waals surface area contributed by atoms with E-state index in [1.807, 2.05) is 0 Å². The van der Waals surface area contributed by atoms with Crippen LogP contribution in [0.5, 0.6) is 0 Å². The molecule has 0 spiro atoms. The van der Waals surface area contributed by atoms with Gasteiger partial charge in [-0.1, -0.05) is 23.2 Å². The van der Waals surface area contributed by atoms with E-state index in [-0.39, 0.29) is 20.6 Å². The molecule has 5 N–H and O–H groups in total. The lowest BCUT2D eigenvalue weighted by molar-refractivity contribution is -0.123. The normalized spacial score (nSPS) is 14.1. The van der Waals surface area contributed by atoms with Gasteiger partial charge in [-0.25, -0.2) is 4.98 Å². The minimum Gasteiger partial charge on any atom is -0.382 e. The highest BCUT2D eigenvalue weighted by atomic mass is 79.9. The number of rotatable bonds is 0. The van der Waals surface area contributed by atoms with Gasteiger partial charge in [-0.3, -0.25) is 14.9 Å². The number of carbonyl (C=O) groups is 2. The molecule has 0 unspecified atom stereocenters. The third-order valence-electron chi connectivity index (χ3n) is 1.80. The van der Waals surface area contributed by atoms with Crippen molar-refractivity contribution in [1.29, 1.82) is 0 Å². The third-order valence-corrected chi connectivity index (χ3v) is 4.45. The van der Waals surface area contributed by atoms with E-state index in [0.717, 1.165) is 0 Å². The molecular weight excluding hydrogens is 427 g/mol. The van der Waals surface area contributed by atoms with Gasteiger partial charge in [0.1, 0.15) is 20.6 Å². The lowest BCUT2D eigenvalue weighted by atomic mass is 10.4. The molecule has 0 bridgehead atoms. The quantitative estimate of drug-likeness (QED) is 0.544. The molecule has 102 valence electrons. The number of carbonyl (C=O) groups excluding carboxylic acids is 2. The number of imide groups is 1. The van der Waals surface area contributed by atoms with Crippen molar-refractivity contribution < 1.29 is 9.59 Å². The van der Waals surface area contributed by atoms with Crippen molar-refractivity contribution in [1.82, 2.24) is 10.3 Å². The van der Waals surface area contributed by atoms with Crippen molar-refractivity contribution in [3.63, 3.8) is 0 Å². The molecule has 0 radical (unpaired) electrons. The number of hydrogen-bond donors (Lipinski definition) is 3. The molecule has 0 aliphatic carbocycles. The Morgan fingerprint density at radius 1 is 1.00 bits per heavy atom. The van der Waals surface area contributed by atoms with E-state index >= 15 is 0 Å². The fourth-order valence-electron chi connectivity index (χ4n) is 0.908. The summed E-state index contributed by atoms with van der Waals surface area (Å²) in [7, 11) is 0. The number of hydrogen-bond acceptors (Lipinski definition) is 5. The van der Waals surface area contributed by atoms with Crippen LogP contribution in [0.2, 0.25) is 10.0 Å². The van der Waals surface area contributed by atoms with Crippen LogP contribution >= 0.6 is 55.1 Å². The standard InChI is InChI=1S/C5H5Cl2N3.C4HBr2NO2/c6-2-1-3(7)5(9)10-4(2)8;5-1-2(6)4(9)7-3(1)8/h1H,(H4,8,9,10);(H,7,8,9). The Labute approximate surface area is 134 Å². The van der Waals surface area contributed by atoms with Crippen molar-refractivity contribution in [2.75, 3.05) is 11.5 Å². The van der Waals surface area contributed by atoms with E-state index in [1.165, 1.54) is 6.07 Å². The van der Waals surface area contributed by atoms with Crippen LogP contribution in [0, 0.1) is 0 Å². The Bertz CT molecular complexity index is 520. The molecule has 1 aromatic heterocycles. The minimum atomic E-state index is -0.396. The summed E-state index contributed by atoms with van der Waals surface area (Å²) in [5.74, 6) is -0.397. The molecule has 1 aliphatic heterocycles. The lowest BCUT2D eigenvalue weighted by Gasteiger charge is -1.99. The summed E-state index contributed by atoms with van der Waals surface area (Å²) in [4.78, 5) is 24.7. The molecule has 0 saturated carbocycles. The highest BCUT2D eigenvalue weighted by Gasteiger charge is 2.25. The molecule has 2 amide bonds. The molecular formula is C9H6Br2Cl2N4O2. The number of halogens is 4. The first kappa shape index (κ1) is 16.2. The van der Waals surface area contributed by atoms with Gasteiger partial charge >= 0.3 is 0 Å². The minimum absolute atomic E-state index is 0.198. The summed E-state index contributed by atoms with van der Waals surface area (Å²) in [5, 5.41) is 2.71. The first-order valence-electron chi connectivity index (χ1n) is 4.52. The number of nitrogen functional groups attached to an aromatic ring is 2. The molecule has 0 atom stereocenters. The molecule has 1 aliphatic rings. The summed E-state index contributed by atoms with van der Waals surface area (Å²) < 4.78 is 0.514. The number of nitrogens with two attached hydrogens (primary N) is 2. The number of anilines is 2. The van der Waals surface area contributed by atoms with Crippen LogP contribution in [-0.2, 0) is 9.59 Å². The summed E-state index contributed by atoms with van der Waals surface area (Å²) in [6.07, 6.45) is 0. The van der Waals surface area contributed by atoms with Crippen molar-refractivity contribution in [2.45, 2.75) is 0 Å². The van der Waals surface area contributed by atoms with Crippen molar-refractivity contribution in [2.24, 2.45) is 0 Å². The smallest absolute Gasteiger partial charge is 0.266 e. The summed E-state index contributed by atoms with van der Waals surface area (Å²) in [6, 6.07) is 1.46. The Morgan fingerprint density at radius 3 is 1.58 bits per heavy atom. The molecule has 0 aromatic carbocycles. The maximum Gasteiger partial charge on any atom is 0.266 e. The second kappa shape index (κ2) is 6.56. The Morgan fingerprint density at radius 2 is 1.37 bits per heavy atom. The van der Waals surface area contributed by atoms with E-state index in [1.54, 1.807) is 0 Å². The van der Waals surface area contributed by atoms with Crippen LogP contribution in [0.25, 0.3) is 0 Å². The fraction of sp³-hybridized carbons (Fsp3) is 0. The summed E-state index contributed by atoms with van der Waals surface area (Å²) >= 11 is 16.9. The van der Waals surface area contributed by atoms with Crippen LogP contribution in [0.4, 0.5) is 11.6 Å². The fourth-order valence-corrected chi connectivity index (χ4v) is 1.82. The lowest BCUT2D eigenvalue weighted by Crippen LogP contribution is -2.21. The molecule has 19 heavy (non-hydrogen) atoms. The van der Waals surface area contributed by atoms with E-state index < -0.39 is 11.8 Å². The second-order valence-electron chi connectivity index (χ2n) is 3.13. The van der Waals surface area contributed by atoms with Gasteiger partial charge in [-0.2, -0.15) is 0 Å². The second-order valence-corrected chi connectivity index (χ2v) is 5.53. The highest BCUT2D eigenvalue weighted by molar-refractivity contribution is 9.14. The maximum absolute atomic E-state index is 10.5. The molecule has 6 nitrogen and oxygen atoms in total. The molecule has 0 saturated heterocycles. The Balaban J connectivity index is 0.000000191. The zero-order chi connectivity index (χ0) is 14.7. The number of pyridine rings is 1. The molecule has 2 heterocycles. The number of aromatic nitrogens is 1. The van der Waals surface area contributed by atoms with Crippen LogP contribution in [0.15, 0.2) is 15.0 Å². The van der Waals surface area contributed by atoms with Crippen LogP contribution in [0.3, 0.4) is 0 Å². The predicted molar refractivity (Wildman–Crippen MR) is 81.1 cm³/mol. The van der Waals surface area contributed by atoms with Crippen molar-refractivity contribution >= 4 is 78.5 Å². The number of nitrogens with zero attached hydrogens (tertiary/aromatic N) is 1. The number of amides is 2. The average Bonchev–Trinajstić information content (AvgIpc) is 2.55. The van der Waals surface area contributed by atoms with Crippen LogP contribution < -0.4 is 16.8 Å². The van der Waals surface area contributed by atoms with Crippen molar-refractivity contribution in [3.05, 3.63) is 25.1 Å². The highest BCUT2D eigenvalue weighted by Crippen LogP contribution is 2.24. The van der Waals surface area contributed by atoms with Gasteiger partial charge < -0.3 is 11.5 Å². The topological polar surface area (TPSA) is 111 Å². The van der Waals surface area contributed by atoms with Crippen LogP contribution in [-0.4, -0.2) is 16.8 Å². The first-order chi connectivity index (χ1) is 8.73. The van der Waals surface area contributed by atoms with E-state index in [0.29, 0.717) is 10.0 Å². The van der Waals surface area contributed by atoms with Gasteiger partial charge in [0.25, 0.3) is 11.8 Å². The summed E-state index contributed by atoms with van der Waals surface area (Å²) in [6.45, 7) is 0. The van der Waals surface area contributed by atoms with Gasteiger partial charge in [-0.05, 0) is 37.9 Å². The molecule has 1 aromatic rings. The van der Waals surface area contributed by atoms with Crippen molar-refractivity contribution in [3.8, 4) is 0 Å². The largest absolute Gasteiger partial charge is 0.382 e. The van der Waals surface area contributed by atoms with E-state index in [4.69, 9.17) is 34.7 Å². The van der Waals surface area contributed by atoms with E-state index in [9.17, 15) is 9.59 Å². The molecule has 2 rings (SSSR count). The van der Waals surface area contributed by atoms with Gasteiger partial charge in [0.05, 0.1) is 10.0 Å². The van der Waals surface area contributed by atoms with Crippen LogP contribution in [0.1, 0.15) is 0 Å². The van der Waals surface area contributed by atoms with Gasteiger partial charge in [0, 0.05) is 0 Å². The predicted octanol–water partition coefficient (Wildman–Crippen LogP) is 2.20. The summed E-state index contributed by atoms with van der Waals surface area (Å²) in [5.41, 5.74) is 10.6. The third kappa shape index (κ3) is 4.07. The van der Waals surface area contributed by atoms with Gasteiger partial charge in [0.15, 0.2) is 0 Å². The number of nitrogens with one attached hydrogen (secondary N) is 1. The Kier molecular flexibility index (Phi) is 5.60. The molecule has 10 heteroatoms. The van der Waals surface area contributed by atoms with Gasteiger partial charge in [-0.15, -0.1) is 0 Å². The maximum atomic E-state index is 10.5. The first-order valence-corrected chi connectivity index (χ1v) is 6.86. The SMILES string of the molecule is Nc1nc(N)c(Cl)cc1Cl.O=C1NC(=O)C(Br)=C1Br. The zero-order valence-corrected chi connectivity index (χ0v) is 13.7. The van der Waals surface area contributed by atoms with E-state index in [2.05, 4.69) is 42.2 Å². The molecule has 0 fully saturated rings. The zero-order valence-electron chi connectivity index (χ0n) is 9.01.